The second-order valence-electron chi connectivity index (χ2n) is 4.43. The minimum atomic E-state index is 0.476. The van der Waals surface area contributed by atoms with E-state index in [2.05, 4.69) is 10.1 Å². The van der Waals surface area contributed by atoms with Gasteiger partial charge in [0.2, 0.25) is 0 Å². The summed E-state index contributed by atoms with van der Waals surface area (Å²) in [6.45, 7) is 6.01. The molecule has 0 aliphatic carbocycles. The van der Waals surface area contributed by atoms with Gasteiger partial charge in [-0.25, -0.2) is 0 Å². The lowest BCUT2D eigenvalue weighted by molar-refractivity contribution is 0.537. The zero-order valence-electron chi connectivity index (χ0n) is 10.6. The number of aromatic nitrogens is 3. The van der Waals surface area contributed by atoms with Crippen molar-refractivity contribution < 1.29 is 4.42 Å². The number of hydrogen-bond donors (Lipinski definition) is 1. The monoisotopic (exact) mass is 242 g/mol. The third-order valence-corrected chi connectivity index (χ3v) is 3.24. The smallest absolute Gasteiger partial charge is 0.324 e. The minimum absolute atomic E-state index is 0.476. The number of benzene rings is 1. The normalized spacial score (nSPS) is 11.3. The molecule has 18 heavy (non-hydrogen) atoms. The number of oxazole rings is 1. The Bertz CT molecular complexity index is 739. The first-order chi connectivity index (χ1) is 8.56. The van der Waals surface area contributed by atoms with Crippen LogP contribution in [0.15, 0.2) is 22.6 Å². The molecular weight excluding hydrogens is 228 g/mol. The summed E-state index contributed by atoms with van der Waals surface area (Å²) in [5, 5.41) is 4.43. The quantitative estimate of drug-likeness (QED) is 0.666. The van der Waals surface area contributed by atoms with Crippen LogP contribution in [0.5, 0.6) is 0 Å². The average Bonchev–Trinajstić information content (AvgIpc) is 2.85. The fraction of sp³-hybridized carbons (Fsp3) is 0.231. The molecule has 0 unspecified atom stereocenters. The van der Waals surface area contributed by atoms with Gasteiger partial charge in [0.1, 0.15) is 5.52 Å². The number of nitrogen functional groups attached to an aromatic ring is 1. The van der Waals surface area contributed by atoms with Crippen molar-refractivity contribution in [3.05, 3.63) is 35.2 Å². The molecule has 0 saturated heterocycles. The van der Waals surface area contributed by atoms with Crippen molar-refractivity contribution in [1.29, 1.82) is 0 Å². The third-order valence-electron chi connectivity index (χ3n) is 3.24. The van der Waals surface area contributed by atoms with Crippen molar-refractivity contribution in [2.24, 2.45) is 0 Å². The molecule has 0 spiro atoms. The molecule has 0 amide bonds. The molecule has 5 heteroatoms. The summed E-state index contributed by atoms with van der Waals surface area (Å²) in [5.74, 6) is 0. The third kappa shape index (κ3) is 1.48. The van der Waals surface area contributed by atoms with Gasteiger partial charge in [-0.05, 0) is 38.5 Å². The number of aryl methyl sites for hydroxylation is 1. The molecule has 0 saturated carbocycles. The SMILES string of the molecule is Cc1nn(-c2nc3ccc(N)cc3o2)c(C)c1C. The van der Waals surface area contributed by atoms with E-state index in [-0.39, 0.29) is 0 Å². The van der Waals surface area contributed by atoms with Crippen molar-refractivity contribution in [2.45, 2.75) is 20.8 Å². The van der Waals surface area contributed by atoms with E-state index in [1.54, 1.807) is 16.8 Å². The number of anilines is 1. The van der Waals surface area contributed by atoms with E-state index in [1.807, 2.05) is 26.8 Å². The van der Waals surface area contributed by atoms with Crippen molar-refractivity contribution in [1.82, 2.24) is 14.8 Å². The number of nitrogens with two attached hydrogens (primary N) is 1. The molecule has 2 N–H and O–H groups in total. The van der Waals surface area contributed by atoms with Crippen LogP contribution in [0.4, 0.5) is 5.69 Å². The van der Waals surface area contributed by atoms with Gasteiger partial charge in [-0.3, -0.25) is 0 Å². The summed E-state index contributed by atoms with van der Waals surface area (Å²) in [6, 6.07) is 5.89. The van der Waals surface area contributed by atoms with Crippen LogP contribution in [0.3, 0.4) is 0 Å². The summed E-state index contributed by atoms with van der Waals surface area (Å²) in [5.41, 5.74) is 11.0. The van der Waals surface area contributed by atoms with E-state index in [1.165, 1.54) is 0 Å². The standard InChI is InChI=1S/C13H14N4O/c1-7-8(2)16-17(9(7)3)13-15-11-5-4-10(14)6-12(11)18-13/h4-6H,14H2,1-3H3. The summed E-state index contributed by atoms with van der Waals surface area (Å²) in [4.78, 5) is 4.42. The van der Waals surface area contributed by atoms with Crippen LogP contribution in [0.25, 0.3) is 17.1 Å². The number of hydrogen-bond acceptors (Lipinski definition) is 4. The molecule has 92 valence electrons. The van der Waals surface area contributed by atoms with Gasteiger partial charge in [0.05, 0.1) is 5.69 Å². The molecule has 0 fully saturated rings. The topological polar surface area (TPSA) is 69.9 Å². The molecule has 0 bridgehead atoms. The maximum atomic E-state index is 5.72. The predicted molar refractivity (Wildman–Crippen MR) is 69.8 cm³/mol. The number of fused-ring (bicyclic) bond motifs is 1. The molecule has 2 heterocycles. The van der Waals surface area contributed by atoms with Gasteiger partial charge < -0.3 is 10.2 Å². The van der Waals surface area contributed by atoms with Crippen molar-refractivity contribution in [3.63, 3.8) is 0 Å². The van der Waals surface area contributed by atoms with Crippen LogP contribution in [-0.2, 0) is 0 Å². The summed E-state index contributed by atoms with van der Waals surface area (Å²) in [6.07, 6.45) is 0. The Morgan fingerprint density at radius 3 is 2.67 bits per heavy atom. The second kappa shape index (κ2) is 3.60. The lowest BCUT2D eigenvalue weighted by Gasteiger charge is -1.96. The minimum Gasteiger partial charge on any atom is -0.422 e. The summed E-state index contributed by atoms with van der Waals surface area (Å²) >= 11 is 0. The Morgan fingerprint density at radius 2 is 2.00 bits per heavy atom. The molecule has 0 radical (unpaired) electrons. The summed E-state index contributed by atoms with van der Waals surface area (Å²) in [7, 11) is 0. The van der Waals surface area contributed by atoms with E-state index in [0.717, 1.165) is 22.5 Å². The fourth-order valence-corrected chi connectivity index (χ4v) is 1.93. The lowest BCUT2D eigenvalue weighted by atomic mass is 10.2. The Morgan fingerprint density at radius 1 is 1.22 bits per heavy atom. The van der Waals surface area contributed by atoms with Crippen molar-refractivity contribution in [2.75, 3.05) is 5.73 Å². The first-order valence-electron chi connectivity index (χ1n) is 5.75. The van der Waals surface area contributed by atoms with E-state index in [4.69, 9.17) is 10.2 Å². The van der Waals surface area contributed by atoms with Crippen LogP contribution in [0.1, 0.15) is 17.0 Å². The Balaban J connectivity index is 2.22. The predicted octanol–water partition coefficient (Wildman–Crippen LogP) is 2.52. The molecule has 1 aromatic carbocycles. The van der Waals surface area contributed by atoms with Gasteiger partial charge in [-0.2, -0.15) is 14.8 Å². The van der Waals surface area contributed by atoms with Crippen LogP contribution in [-0.4, -0.2) is 14.8 Å². The molecule has 0 aliphatic heterocycles. The van der Waals surface area contributed by atoms with Gasteiger partial charge in [0.25, 0.3) is 0 Å². The molecule has 2 aromatic heterocycles. The van der Waals surface area contributed by atoms with E-state index < -0.39 is 0 Å². The van der Waals surface area contributed by atoms with Crippen LogP contribution >= 0.6 is 0 Å². The first-order valence-corrected chi connectivity index (χ1v) is 5.75. The maximum absolute atomic E-state index is 5.72. The van der Waals surface area contributed by atoms with Crippen molar-refractivity contribution in [3.8, 4) is 6.01 Å². The van der Waals surface area contributed by atoms with Gasteiger partial charge in [-0.1, -0.05) is 0 Å². The van der Waals surface area contributed by atoms with Gasteiger partial charge in [-0.15, -0.1) is 0 Å². The van der Waals surface area contributed by atoms with E-state index >= 15 is 0 Å². The molecule has 5 nitrogen and oxygen atoms in total. The van der Waals surface area contributed by atoms with E-state index in [0.29, 0.717) is 17.3 Å². The highest BCUT2D eigenvalue weighted by Crippen LogP contribution is 2.22. The van der Waals surface area contributed by atoms with Gasteiger partial charge in [0, 0.05) is 17.4 Å². The largest absolute Gasteiger partial charge is 0.422 e. The Labute approximate surface area is 104 Å². The molecule has 0 atom stereocenters. The van der Waals surface area contributed by atoms with Gasteiger partial charge >= 0.3 is 6.01 Å². The zero-order valence-corrected chi connectivity index (χ0v) is 10.6. The van der Waals surface area contributed by atoms with Crippen LogP contribution in [0.2, 0.25) is 0 Å². The average molecular weight is 242 g/mol. The first kappa shape index (κ1) is 10.8. The Kier molecular flexibility index (Phi) is 2.16. The molecule has 0 aliphatic rings. The molecular formula is C13H14N4O. The lowest BCUT2D eigenvalue weighted by Crippen LogP contribution is -1.99. The summed E-state index contributed by atoms with van der Waals surface area (Å²) < 4.78 is 7.42. The number of nitrogens with zero attached hydrogens (tertiary/aromatic N) is 3. The van der Waals surface area contributed by atoms with E-state index in [9.17, 15) is 0 Å². The highest BCUT2D eigenvalue weighted by Gasteiger charge is 2.14. The maximum Gasteiger partial charge on any atom is 0.324 e. The Hall–Kier alpha value is -2.30. The molecule has 3 rings (SSSR count). The zero-order chi connectivity index (χ0) is 12.9. The highest BCUT2D eigenvalue weighted by molar-refractivity contribution is 5.77. The van der Waals surface area contributed by atoms with Gasteiger partial charge in [0.15, 0.2) is 5.58 Å². The highest BCUT2D eigenvalue weighted by atomic mass is 16.4. The second-order valence-corrected chi connectivity index (χ2v) is 4.43. The van der Waals surface area contributed by atoms with Crippen LogP contribution < -0.4 is 5.73 Å². The number of rotatable bonds is 1. The van der Waals surface area contributed by atoms with Crippen LogP contribution in [0, 0.1) is 20.8 Å². The fourth-order valence-electron chi connectivity index (χ4n) is 1.93. The van der Waals surface area contributed by atoms with Crippen molar-refractivity contribution >= 4 is 16.8 Å². The molecule has 3 aromatic rings.